The number of rotatable bonds is 4. The maximum Gasteiger partial charge on any atom is 0.407 e. The summed E-state index contributed by atoms with van der Waals surface area (Å²) in [5, 5.41) is 14.7. The van der Waals surface area contributed by atoms with Crippen LogP contribution in [0.3, 0.4) is 0 Å². The van der Waals surface area contributed by atoms with Gasteiger partial charge in [0.2, 0.25) is 0 Å². The summed E-state index contributed by atoms with van der Waals surface area (Å²) in [6.45, 7) is 8.12. The second-order valence-corrected chi connectivity index (χ2v) is 5.32. The average molecular weight is 276 g/mol. The van der Waals surface area contributed by atoms with Gasteiger partial charge in [-0.2, -0.15) is 5.26 Å². The quantitative estimate of drug-likeness (QED) is 0.823. The molecule has 0 aliphatic rings. The molecule has 0 aliphatic carbocycles. The van der Waals surface area contributed by atoms with Crippen LogP contribution in [0, 0.1) is 18.3 Å². The molecule has 0 atom stereocenters. The van der Waals surface area contributed by atoms with Gasteiger partial charge < -0.3 is 15.4 Å². The Morgan fingerprint density at radius 2 is 2.15 bits per heavy atom. The Bertz CT molecular complexity index is 515. The number of hydrogen-bond acceptors (Lipinski definition) is 5. The number of nitrogens with one attached hydrogen (secondary N) is 2. The standard InChI is InChI=1S/C14H20N4O2/c1-10-5-6-16-12(11(10)9-15)17-7-8-18-13(19)20-14(2,3)4/h5-6H,7-8H2,1-4H3,(H,16,17)(H,18,19). The van der Waals surface area contributed by atoms with Gasteiger partial charge in [-0.15, -0.1) is 0 Å². The summed E-state index contributed by atoms with van der Waals surface area (Å²) in [5.74, 6) is 0.526. The van der Waals surface area contributed by atoms with Crippen molar-refractivity contribution in [2.75, 3.05) is 18.4 Å². The van der Waals surface area contributed by atoms with E-state index >= 15 is 0 Å². The van der Waals surface area contributed by atoms with Gasteiger partial charge in [-0.3, -0.25) is 0 Å². The van der Waals surface area contributed by atoms with Gasteiger partial charge in [0.1, 0.15) is 17.5 Å². The molecule has 108 valence electrons. The first-order valence-electron chi connectivity index (χ1n) is 6.40. The van der Waals surface area contributed by atoms with Crippen LogP contribution in [-0.4, -0.2) is 29.8 Å². The third kappa shape index (κ3) is 5.14. The van der Waals surface area contributed by atoms with E-state index < -0.39 is 11.7 Å². The van der Waals surface area contributed by atoms with E-state index in [4.69, 9.17) is 10.00 Å². The number of hydrogen-bond donors (Lipinski definition) is 2. The van der Waals surface area contributed by atoms with Crippen LogP contribution in [0.4, 0.5) is 10.6 Å². The Hall–Kier alpha value is -2.29. The fourth-order valence-electron chi connectivity index (χ4n) is 1.49. The number of pyridine rings is 1. The van der Waals surface area contributed by atoms with Crippen LogP contribution in [0.5, 0.6) is 0 Å². The molecule has 0 radical (unpaired) electrons. The molecule has 0 unspecified atom stereocenters. The van der Waals surface area contributed by atoms with E-state index in [0.29, 0.717) is 24.5 Å². The third-order valence-electron chi connectivity index (χ3n) is 2.36. The number of aryl methyl sites for hydroxylation is 1. The number of amides is 1. The number of ether oxygens (including phenoxy) is 1. The first kappa shape index (κ1) is 15.8. The maximum absolute atomic E-state index is 11.4. The summed E-state index contributed by atoms with van der Waals surface area (Å²) < 4.78 is 5.11. The van der Waals surface area contributed by atoms with Crippen LogP contribution >= 0.6 is 0 Å². The smallest absolute Gasteiger partial charge is 0.407 e. The minimum absolute atomic E-state index is 0.384. The van der Waals surface area contributed by atoms with Crippen molar-refractivity contribution in [3.8, 4) is 6.07 Å². The SMILES string of the molecule is Cc1ccnc(NCCNC(=O)OC(C)(C)C)c1C#N. The molecule has 1 rings (SSSR count). The van der Waals surface area contributed by atoms with Crippen molar-refractivity contribution in [3.63, 3.8) is 0 Å². The van der Waals surface area contributed by atoms with E-state index in [-0.39, 0.29) is 0 Å². The number of nitriles is 1. The number of anilines is 1. The van der Waals surface area contributed by atoms with E-state index in [1.165, 1.54) is 0 Å². The summed E-state index contributed by atoms with van der Waals surface area (Å²) in [6.07, 6.45) is 1.18. The topological polar surface area (TPSA) is 87.0 Å². The normalized spacial score (nSPS) is 10.6. The van der Waals surface area contributed by atoms with Crippen molar-refractivity contribution >= 4 is 11.9 Å². The molecule has 0 aliphatic heterocycles. The van der Waals surface area contributed by atoms with Crippen LogP contribution in [0.2, 0.25) is 0 Å². The van der Waals surface area contributed by atoms with Gasteiger partial charge in [-0.05, 0) is 39.3 Å². The number of aromatic nitrogens is 1. The molecule has 0 bridgehead atoms. The zero-order chi connectivity index (χ0) is 15.2. The zero-order valence-corrected chi connectivity index (χ0v) is 12.3. The monoisotopic (exact) mass is 276 g/mol. The molecule has 0 fully saturated rings. The molecule has 2 N–H and O–H groups in total. The van der Waals surface area contributed by atoms with E-state index in [0.717, 1.165) is 5.56 Å². The molecule has 1 amide bonds. The lowest BCUT2D eigenvalue weighted by Crippen LogP contribution is -2.35. The molecule has 20 heavy (non-hydrogen) atoms. The van der Waals surface area contributed by atoms with Gasteiger partial charge in [0, 0.05) is 19.3 Å². The Labute approximate surface area is 119 Å². The van der Waals surface area contributed by atoms with Crippen molar-refractivity contribution in [2.24, 2.45) is 0 Å². The van der Waals surface area contributed by atoms with Crippen molar-refractivity contribution in [3.05, 3.63) is 23.4 Å². The van der Waals surface area contributed by atoms with Crippen molar-refractivity contribution in [2.45, 2.75) is 33.3 Å². The minimum atomic E-state index is -0.510. The zero-order valence-electron chi connectivity index (χ0n) is 12.3. The highest BCUT2D eigenvalue weighted by Crippen LogP contribution is 2.14. The molecule has 1 heterocycles. The van der Waals surface area contributed by atoms with Crippen molar-refractivity contribution in [1.29, 1.82) is 5.26 Å². The summed E-state index contributed by atoms with van der Waals surface area (Å²) in [7, 11) is 0. The average Bonchev–Trinajstić information content (AvgIpc) is 2.32. The molecule has 0 saturated carbocycles. The van der Waals surface area contributed by atoms with E-state index in [1.807, 2.05) is 6.92 Å². The maximum atomic E-state index is 11.4. The molecule has 1 aromatic rings. The van der Waals surface area contributed by atoms with Gasteiger partial charge in [0.15, 0.2) is 0 Å². The van der Waals surface area contributed by atoms with Gasteiger partial charge in [-0.25, -0.2) is 9.78 Å². The second kappa shape index (κ2) is 6.75. The predicted octanol–water partition coefficient (Wildman–Crippen LogP) is 2.20. The molecular weight excluding hydrogens is 256 g/mol. The summed E-state index contributed by atoms with van der Waals surface area (Å²) in [6, 6.07) is 3.89. The molecule has 0 saturated heterocycles. The van der Waals surface area contributed by atoms with Gasteiger partial charge in [-0.1, -0.05) is 0 Å². The lowest BCUT2D eigenvalue weighted by Gasteiger charge is -2.19. The summed E-state index contributed by atoms with van der Waals surface area (Å²) in [4.78, 5) is 15.5. The first-order valence-corrected chi connectivity index (χ1v) is 6.40. The highest BCUT2D eigenvalue weighted by atomic mass is 16.6. The Kier molecular flexibility index (Phi) is 5.32. The summed E-state index contributed by atoms with van der Waals surface area (Å²) >= 11 is 0. The van der Waals surface area contributed by atoms with Crippen LogP contribution in [0.1, 0.15) is 31.9 Å². The van der Waals surface area contributed by atoms with Crippen molar-refractivity contribution in [1.82, 2.24) is 10.3 Å². The van der Waals surface area contributed by atoms with Gasteiger partial charge >= 0.3 is 6.09 Å². The largest absolute Gasteiger partial charge is 0.444 e. The van der Waals surface area contributed by atoms with Gasteiger partial charge in [0.25, 0.3) is 0 Å². The van der Waals surface area contributed by atoms with Crippen LogP contribution < -0.4 is 10.6 Å². The fourth-order valence-corrected chi connectivity index (χ4v) is 1.49. The third-order valence-corrected chi connectivity index (χ3v) is 2.36. The van der Waals surface area contributed by atoms with E-state index in [9.17, 15) is 4.79 Å². The summed E-state index contributed by atoms with van der Waals surface area (Å²) in [5.41, 5.74) is 0.874. The highest BCUT2D eigenvalue weighted by Gasteiger charge is 2.15. The number of nitrogens with zero attached hydrogens (tertiary/aromatic N) is 2. The minimum Gasteiger partial charge on any atom is -0.444 e. The second-order valence-electron chi connectivity index (χ2n) is 5.32. The Morgan fingerprint density at radius 1 is 1.45 bits per heavy atom. The molecule has 6 nitrogen and oxygen atoms in total. The molecule has 6 heteroatoms. The highest BCUT2D eigenvalue weighted by molar-refractivity contribution is 5.67. The number of alkyl carbamates (subject to hydrolysis) is 1. The Morgan fingerprint density at radius 3 is 2.75 bits per heavy atom. The molecular formula is C14H20N4O2. The number of carbonyl (C=O) groups excluding carboxylic acids is 1. The van der Waals surface area contributed by atoms with E-state index in [2.05, 4.69) is 21.7 Å². The first-order chi connectivity index (χ1) is 9.33. The lowest BCUT2D eigenvalue weighted by molar-refractivity contribution is 0.0530. The lowest BCUT2D eigenvalue weighted by atomic mass is 10.1. The molecule has 1 aromatic heterocycles. The Balaban J connectivity index is 2.41. The van der Waals surface area contributed by atoms with E-state index in [1.54, 1.807) is 33.0 Å². The predicted molar refractivity (Wildman–Crippen MR) is 76.4 cm³/mol. The van der Waals surface area contributed by atoms with Crippen LogP contribution in [0.15, 0.2) is 12.3 Å². The number of carbonyl (C=O) groups is 1. The van der Waals surface area contributed by atoms with Crippen LogP contribution in [0.25, 0.3) is 0 Å². The van der Waals surface area contributed by atoms with Crippen molar-refractivity contribution < 1.29 is 9.53 Å². The van der Waals surface area contributed by atoms with Crippen LogP contribution in [-0.2, 0) is 4.74 Å². The van der Waals surface area contributed by atoms with Gasteiger partial charge in [0.05, 0.1) is 5.56 Å². The molecule has 0 spiro atoms. The fraction of sp³-hybridized carbons (Fsp3) is 0.500. The molecule has 0 aromatic carbocycles.